The molecule has 1 heterocycles. The number of aliphatic hydroxyl groups is 1. The summed E-state index contributed by atoms with van der Waals surface area (Å²) in [6.45, 7) is 0.0230. The number of anilines is 1. The summed E-state index contributed by atoms with van der Waals surface area (Å²) in [5, 5.41) is 13.0. The molecule has 1 aromatic carbocycles. The van der Waals surface area contributed by atoms with E-state index in [9.17, 15) is 9.90 Å². The molecule has 0 bridgehead atoms. The SMILES string of the molecule is Nc1nccnc1C(=O)NC[C@@H](O)c1cccc(Cl)c1. The Labute approximate surface area is 120 Å². The lowest BCUT2D eigenvalue weighted by Gasteiger charge is -2.12. The fraction of sp³-hybridized carbons (Fsp3) is 0.154. The van der Waals surface area contributed by atoms with E-state index in [2.05, 4.69) is 15.3 Å². The molecule has 4 N–H and O–H groups in total. The number of hydrogen-bond acceptors (Lipinski definition) is 5. The topological polar surface area (TPSA) is 101 Å². The lowest BCUT2D eigenvalue weighted by molar-refractivity contribution is 0.0912. The number of nitrogens with one attached hydrogen (secondary N) is 1. The zero-order chi connectivity index (χ0) is 14.5. The molecule has 0 unspecified atom stereocenters. The second-order valence-corrected chi connectivity index (χ2v) is 4.51. The zero-order valence-corrected chi connectivity index (χ0v) is 11.2. The van der Waals surface area contributed by atoms with Crippen LogP contribution in [-0.2, 0) is 0 Å². The molecule has 104 valence electrons. The van der Waals surface area contributed by atoms with Gasteiger partial charge >= 0.3 is 0 Å². The van der Waals surface area contributed by atoms with Gasteiger partial charge in [-0.2, -0.15) is 0 Å². The molecule has 2 rings (SSSR count). The van der Waals surface area contributed by atoms with Crippen molar-refractivity contribution in [2.75, 3.05) is 12.3 Å². The highest BCUT2D eigenvalue weighted by Gasteiger charge is 2.14. The first-order valence-electron chi connectivity index (χ1n) is 5.86. The maximum atomic E-state index is 11.8. The lowest BCUT2D eigenvalue weighted by Crippen LogP contribution is -2.30. The second kappa shape index (κ2) is 6.31. The Hall–Kier alpha value is -2.18. The Morgan fingerprint density at radius 1 is 1.40 bits per heavy atom. The van der Waals surface area contributed by atoms with E-state index in [0.717, 1.165) is 0 Å². The van der Waals surface area contributed by atoms with Gasteiger partial charge in [0.25, 0.3) is 5.91 Å². The summed E-state index contributed by atoms with van der Waals surface area (Å²) in [6, 6.07) is 6.79. The van der Waals surface area contributed by atoms with E-state index in [4.69, 9.17) is 17.3 Å². The van der Waals surface area contributed by atoms with Gasteiger partial charge in [0.1, 0.15) is 0 Å². The van der Waals surface area contributed by atoms with Gasteiger partial charge in [0.05, 0.1) is 6.10 Å². The highest BCUT2D eigenvalue weighted by atomic mass is 35.5. The van der Waals surface area contributed by atoms with Crippen molar-refractivity contribution < 1.29 is 9.90 Å². The Morgan fingerprint density at radius 3 is 2.85 bits per heavy atom. The molecule has 0 aliphatic carbocycles. The van der Waals surface area contributed by atoms with Crippen molar-refractivity contribution in [2.45, 2.75) is 6.10 Å². The highest BCUT2D eigenvalue weighted by Crippen LogP contribution is 2.17. The maximum Gasteiger partial charge on any atom is 0.273 e. The van der Waals surface area contributed by atoms with Crippen molar-refractivity contribution in [1.29, 1.82) is 0 Å². The first-order valence-corrected chi connectivity index (χ1v) is 6.24. The van der Waals surface area contributed by atoms with E-state index < -0.39 is 12.0 Å². The van der Waals surface area contributed by atoms with Crippen LogP contribution in [-0.4, -0.2) is 27.5 Å². The number of hydrogen-bond donors (Lipinski definition) is 3. The standard InChI is InChI=1S/C13H13ClN4O2/c14-9-3-1-2-8(6-9)10(19)7-18-13(20)11-12(15)17-5-4-16-11/h1-6,10,19H,7H2,(H2,15,17)(H,18,20)/t10-/m1/s1. The van der Waals surface area contributed by atoms with Crippen molar-refractivity contribution >= 4 is 23.3 Å². The van der Waals surface area contributed by atoms with Crippen molar-refractivity contribution in [3.63, 3.8) is 0 Å². The van der Waals surface area contributed by atoms with E-state index in [0.29, 0.717) is 10.6 Å². The number of carbonyl (C=O) groups excluding carboxylic acids is 1. The van der Waals surface area contributed by atoms with Crippen LogP contribution in [0.15, 0.2) is 36.7 Å². The Kier molecular flexibility index (Phi) is 4.49. The monoisotopic (exact) mass is 292 g/mol. The Bertz CT molecular complexity index is 621. The molecule has 1 amide bonds. The maximum absolute atomic E-state index is 11.8. The van der Waals surface area contributed by atoms with Crippen LogP contribution in [0, 0.1) is 0 Å². The van der Waals surface area contributed by atoms with Crippen LogP contribution in [0.25, 0.3) is 0 Å². The van der Waals surface area contributed by atoms with Crippen LogP contribution in [0.5, 0.6) is 0 Å². The van der Waals surface area contributed by atoms with Crippen LogP contribution in [0.1, 0.15) is 22.2 Å². The van der Waals surface area contributed by atoms with Crippen LogP contribution < -0.4 is 11.1 Å². The molecule has 0 saturated heterocycles. The molecular weight excluding hydrogens is 280 g/mol. The van der Waals surface area contributed by atoms with Gasteiger partial charge < -0.3 is 16.2 Å². The first-order chi connectivity index (χ1) is 9.58. The minimum absolute atomic E-state index is 0.0230. The summed E-state index contributed by atoms with van der Waals surface area (Å²) in [5.74, 6) is -0.445. The van der Waals surface area contributed by atoms with E-state index in [1.165, 1.54) is 12.4 Å². The van der Waals surface area contributed by atoms with Crippen molar-refractivity contribution in [1.82, 2.24) is 15.3 Å². The summed E-state index contributed by atoms with van der Waals surface area (Å²) >= 11 is 5.84. The van der Waals surface area contributed by atoms with E-state index in [1.54, 1.807) is 24.3 Å². The lowest BCUT2D eigenvalue weighted by atomic mass is 10.1. The fourth-order valence-corrected chi connectivity index (χ4v) is 1.83. The summed E-state index contributed by atoms with van der Waals surface area (Å²) in [6.07, 6.45) is 1.90. The summed E-state index contributed by atoms with van der Waals surface area (Å²) in [5.41, 5.74) is 6.19. The molecule has 0 aliphatic rings. The number of rotatable bonds is 4. The van der Waals surface area contributed by atoms with E-state index in [-0.39, 0.29) is 18.1 Å². The molecule has 1 atom stereocenters. The quantitative estimate of drug-likeness (QED) is 0.785. The van der Waals surface area contributed by atoms with Gasteiger partial charge in [-0.3, -0.25) is 4.79 Å². The zero-order valence-electron chi connectivity index (χ0n) is 10.5. The van der Waals surface area contributed by atoms with Crippen LogP contribution >= 0.6 is 11.6 Å². The first kappa shape index (κ1) is 14.2. The number of amides is 1. The molecule has 2 aromatic rings. The summed E-state index contributed by atoms with van der Waals surface area (Å²) < 4.78 is 0. The van der Waals surface area contributed by atoms with Gasteiger partial charge in [-0.15, -0.1) is 0 Å². The molecule has 1 aromatic heterocycles. The number of aliphatic hydroxyl groups excluding tert-OH is 1. The number of benzene rings is 1. The van der Waals surface area contributed by atoms with Gasteiger partial charge in [-0.05, 0) is 17.7 Å². The fourth-order valence-electron chi connectivity index (χ4n) is 1.63. The molecule has 0 saturated carbocycles. The van der Waals surface area contributed by atoms with Crippen molar-refractivity contribution in [3.05, 3.63) is 52.9 Å². The third-order valence-electron chi connectivity index (χ3n) is 2.63. The number of nitrogens with two attached hydrogens (primary N) is 1. The van der Waals surface area contributed by atoms with Crippen LogP contribution in [0.3, 0.4) is 0 Å². The van der Waals surface area contributed by atoms with Gasteiger partial charge in [-0.1, -0.05) is 23.7 Å². The predicted molar refractivity (Wildman–Crippen MR) is 75.2 cm³/mol. The predicted octanol–water partition coefficient (Wildman–Crippen LogP) is 1.18. The van der Waals surface area contributed by atoms with Crippen molar-refractivity contribution in [2.24, 2.45) is 0 Å². The third-order valence-corrected chi connectivity index (χ3v) is 2.87. The minimum atomic E-state index is -0.865. The van der Waals surface area contributed by atoms with Crippen LogP contribution in [0.4, 0.5) is 5.82 Å². The summed E-state index contributed by atoms with van der Waals surface area (Å²) in [4.78, 5) is 19.4. The van der Waals surface area contributed by atoms with Gasteiger partial charge in [0.2, 0.25) is 0 Å². The van der Waals surface area contributed by atoms with E-state index >= 15 is 0 Å². The molecule has 20 heavy (non-hydrogen) atoms. The van der Waals surface area contributed by atoms with Gasteiger partial charge in [0.15, 0.2) is 11.5 Å². The normalized spacial score (nSPS) is 11.9. The highest BCUT2D eigenvalue weighted by molar-refractivity contribution is 6.30. The second-order valence-electron chi connectivity index (χ2n) is 4.07. The number of halogens is 1. The third kappa shape index (κ3) is 3.43. The number of nitrogens with zero attached hydrogens (tertiary/aromatic N) is 2. The molecule has 0 aliphatic heterocycles. The number of aromatic nitrogens is 2. The minimum Gasteiger partial charge on any atom is -0.387 e. The molecule has 7 heteroatoms. The Balaban J connectivity index is 1.99. The van der Waals surface area contributed by atoms with Crippen molar-refractivity contribution in [3.8, 4) is 0 Å². The smallest absolute Gasteiger partial charge is 0.273 e. The molecule has 0 radical (unpaired) electrons. The molecule has 0 spiro atoms. The molecular formula is C13H13ClN4O2. The average molecular weight is 293 g/mol. The average Bonchev–Trinajstić information content (AvgIpc) is 2.45. The van der Waals surface area contributed by atoms with Crippen LogP contribution in [0.2, 0.25) is 5.02 Å². The molecule has 6 nitrogen and oxygen atoms in total. The summed E-state index contributed by atoms with van der Waals surface area (Å²) in [7, 11) is 0. The number of nitrogen functional groups attached to an aromatic ring is 1. The Morgan fingerprint density at radius 2 is 2.15 bits per heavy atom. The van der Waals surface area contributed by atoms with E-state index in [1.807, 2.05) is 0 Å². The largest absolute Gasteiger partial charge is 0.387 e. The number of carbonyl (C=O) groups is 1. The van der Waals surface area contributed by atoms with Gasteiger partial charge in [-0.25, -0.2) is 9.97 Å². The molecule has 0 fully saturated rings. The van der Waals surface area contributed by atoms with Gasteiger partial charge in [0, 0.05) is 24.0 Å².